The summed E-state index contributed by atoms with van der Waals surface area (Å²) in [6.07, 6.45) is 1.74. The smallest absolute Gasteiger partial charge is 0.224 e. The van der Waals surface area contributed by atoms with Gasteiger partial charge in [0, 0.05) is 50.9 Å². The SMILES string of the molecule is CC(=O)N1CCN(c2ccnc(NCc3ccccc3Cl)n2)CC1. The molecule has 1 aromatic heterocycles. The van der Waals surface area contributed by atoms with Gasteiger partial charge in [0.25, 0.3) is 0 Å². The van der Waals surface area contributed by atoms with E-state index < -0.39 is 0 Å². The Labute approximate surface area is 146 Å². The molecule has 3 rings (SSSR count). The molecule has 7 heteroatoms. The molecular formula is C17H20ClN5O. The summed E-state index contributed by atoms with van der Waals surface area (Å²) in [5.74, 6) is 1.57. The van der Waals surface area contributed by atoms with E-state index in [-0.39, 0.29) is 5.91 Å². The zero-order valence-electron chi connectivity index (χ0n) is 13.6. The topological polar surface area (TPSA) is 61.4 Å². The van der Waals surface area contributed by atoms with Crippen LogP contribution in [0.3, 0.4) is 0 Å². The van der Waals surface area contributed by atoms with Gasteiger partial charge in [-0.1, -0.05) is 29.8 Å². The highest BCUT2D eigenvalue weighted by Crippen LogP contribution is 2.18. The third-order valence-electron chi connectivity index (χ3n) is 4.08. The van der Waals surface area contributed by atoms with Crippen molar-refractivity contribution in [2.24, 2.45) is 0 Å². The van der Waals surface area contributed by atoms with Crippen molar-refractivity contribution in [1.82, 2.24) is 14.9 Å². The van der Waals surface area contributed by atoms with Crippen molar-refractivity contribution < 1.29 is 4.79 Å². The molecule has 0 unspecified atom stereocenters. The van der Waals surface area contributed by atoms with Gasteiger partial charge in [0.2, 0.25) is 11.9 Å². The molecule has 2 heterocycles. The number of rotatable bonds is 4. The summed E-state index contributed by atoms with van der Waals surface area (Å²) in [6, 6.07) is 9.59. The van der Waals surface area contributed by atoms with Crippen molar-refractivity contribution in [2.75, 3.05) is 36.4 Å². The third kappa shape index (κ3) is 3.94. The van der Waals surface area contributed by atoms with Gasteiger partial charge >= 0.3 is 0 Å². The summed E-state index contributed by atoms with van der Waals surface area (Å²) in [5.41, 5.74) is 1.00. The first-order valence-electron chi connectivity index (χ1n) is 7.94. The average Bonchev–Trinajstić information content (AvgIpc) is 2.61. The largest absolute Gasteiger partial charge is 0.353 e. The minimum absolute atomic E-state index is 0.124. The zero-order chi connectivity index (χ0) is 16.9. The molecule has 1 N–H and O–H groups in total. The Bertz CT molecular complexity index is 716. The summed E-state index contributed by atoms with van der Waals surface area (Å²) in [5, 5.41) is 3.93. The Morgan fingerprint density at radius 2 is 1.96 bits per heavy atom. The van der Waals surface area contributed by atoms with Gasteiger partial charge in [-0.15, -0.1) is 0 Å². The number of halogens is 1. The summed E-state index contributed by atoms with van der Waals surface area (Å²) >= 11 is 6.16. The number of nitrogens with zero attached hydrogens (tertiary/aromatic N) is 4. The number of hydrogen-bond acceptors (Lipinski definition) is 5. The van der Waals surface area contributed by atoms with E-state index in [2.05, 4.69) is 20.2 Å². The molecule has 2 aromatic rings. The maximum atomic E-state index is 11.4. The number of carbonyl (C=O) groups excluding carboxylic acids is 1. The van der Waals surface area contributed by atoms with E-state index in [0.29, 0.717) is 12.5 Å². The van der Waals surface area contributed by atoms with Crippen LogP contribution in [0.5, 0.6) is 0 Å². The molecule has 0 bridgehead atoms. The highest BCUT2D eigenvalue weighted by Gasteiger charge is 2.19. The highest BCUT2D eigenvalue weighted by molar-refractivity contribution is 6.31. The first-order chi connectivity index (χ1) is 11.6. The van der Waals surface area contributed by atoms with E-state index in [4.69, 9.17) is 11.6 Å². The van der Waals surface area contributed by atoms with Gasteiger partial charge < -0.3 is 15.1 Å². The second-order valence-corrected chi connectivity index (χ2v) is 6.08. The van der Waals surface area contributed by atoms with Crippen molar-refractivity contribution in [3.8, 4) is 0 Å². The Morgan fingerprint density at radius 3 is 2.67 bits per heavy atom. The van der Waals surface area contributed by atoms with E-state index >= 15 is 0 Å². The fourth-order valence-electron chi connectivity index (χ4n) is 2.68. The molecule has 1 fully saturated rings. The van der Waals surface area contributed by atoms with E-state index in [9.17, 15) is 4.79 Å². The number of anilines is 2. The predicted molar refractivity (Wildman–Crippen MR) is 95.3 cm³/mol. The number of amides is 1. The number of nitrogens with one attached hydrogen (secondary N) is 1. The van der Waals surface area contributed by atoms with Crippen LogP contribution >= 0.6 is 11.6 Å². The van der Waals surface area contributed by atoms with Crippen molar-refractivity contribution >= 4 is 29.3 Å². The quantitative estimate of drug-likeness (QED) is 0.922. The molecule has 0 spiro atoms. The van der Waals surface area contributed by atoms with Crippen molar-refractivity contribution in [3.05, 3.63) is 47.1 Å². The number of carbonyl (C=O) groups is 1. The Morgan fingerprint density at radius 1 is 1.21 bits per heavy atom. The number of piperazine rings is 1. The predicted octanol–water partition coefficient (Wildman–Crippen LogP) is 2.41. The first kappa shape index (κ1) is 16.5. The van der Waals surface area contributed by atoms with Gasteiger partial charge in [-0.3, -0.25) is 4.79 Å². The van der Waals surface area contributed by atoms with E-state index in [1.807, 2.05) is 35.2 Å². The van der Waals surface area contributed by atoms with E-state index in [0.717, 1.165) is 42.6 Å². The molecule has 1 aliphatic heterocycles. The molecule has 1 saturated heterocycles. The van der Waals surface area contributed by atoms with Crippen LogP contribution in [-0.2, 0) is 11.3 Å². The second-order valence-electron chi connectivity index (χ2n) is 5.68. The van der Waals surface area contributed by atoms with E-state index in [1.165, 1.54) is 0 Å². The highest BCUT2D eigenvalue weighted by atomic mass is 35.5. The summed E-state index contributed by atoms with van der Waals surface area (Å²) < 4.78 is 0. The lowest BCUT2D eigenvalue weighted by atomic mass is 10.2. The molecule has 0 aliphatic carbocycles. The van der Waals surface area contributed by atoms with Gasteiger partial charge in [-0.05, 0) is 17.7 Å². The van der Waals surface area contributed by atoms with Gasteiger partial charge in [-0.2, -0.15) is 4.98 Å². The van der Waals surface area contributed by atoms with Crippen LogP contribution in [-0.4, -0.2) is 47.0 Å². The zero-order valence-corrected chi connectivity index (χ0v) is 14.3. The first-order valence-corrected chi connectivity index (χ1v) is 8.32. The minimum atomic E-state index is 0.124. The molecule has 126 valence electrons. The minimum Gasteiger partial charge on any atom is -0.353 e. The maximum Gasteiger partial charge on any atom is 0.224 e. The van der Waals surface area contributed by atoms with Crippen molar-refractivity contribution in [1.29, 1.82) is 0 Å². The van der Waals surface area contributed by atoms with Crippen LogP contribution in [0.2, 0.25) is 5.02 Å². The standard InChI is InChI=1S/C17H20ClN5O/c1-13(24)22-8-10-23(11-9-22)16-6-7-19-17(21-16)20-12-14-4-2-3-5-15(14)18/h2-7H,8-12H2,1H3,(H,19,20,21). The number of benzene rings is 1. The molecular weight excluding hydrogens is 326 g/mol. The molecule has 1 aromatic carbocycles. The van der Waals surface area contributed by atoms with Crippen LogP contribution in [0.4, 0.5) is 11.8 Å². The van der Waals surface area contributed by atoms with Crippen LogP contribution in [0.15, 0.2) is 36.5 Å². The molecule has 1 aliphatic rings. The lowest BCUT2D eigenvalue weighted by molar-refractivity contribution is -0.129. The summed E-state index contributed by atoms with van der Waals surface area (Å²) in [7, 11) is 0. The van der Waals surface area contributed by atoms with E-state index in [1.54, 1.807) is 13.1 Å². The molecule has 0 radical (unpaired) electrons. The molecule has 0 atom stereocenters. The molecule has 24 heavy (non-hydrogen) atoms. The number of aromatic nitrogens is 2. The van der Waals surface area contributed by atoms with Gasteiger partial charge in [0.1, 0.15) is 5.82 Å². The van der Waals surface area contributed by atoms with Crippen molar-refractivity contribution in [2.45, 2.75) is 13.5 Å². The normalized spacial score (nSPS) is 14.6. The van der Waals surface area contributed by atoms with Crippen LogP contribution < -0.4 is 10.2 Å². The van der Waals surface area contributed by atoms with Gasteiger partial charge in [-0.25, -0.2) is 4.98 Å². The average molecular weight is 346 g/mol. The summed E-state index contributed by atoms with van der Waals surface area (Å²) in [6.45, 7) is 5.18. The summed E-state index contributed by atoms with van der Waals surface area (Å²) in [4.78, 5) is 24.3. The van der Waals surface area contributed by atoms with Crippen LogP contribution in [0.1, 0.15) is 12.5 Å². The van der Waals surface area contributed by atoms with Crippen molar-refractivity contribution in [3.63, 3.8) is 0 Å². The maximum absolute atomic E-state index is 11.4. The molecule has 6 nitrogen and oxygen atoms in total. The fourth-order valence-corrected chi connectivity index (χ4v) is 2.88. The fraction of sp³-hybridized carbons (Fsp3) is 0.353. The molecule has 1 amide bonds. The number of hydrogen-bond donors (Lipinski definition) is 1. The lowest BCUT2D eigenvalue weighted by Gasteiger charge is -2.34. The van der Waals surface area contributed by atoms with Crippen LogP contribution in [0, 0.1) is 0 Å². The lowest BCUT2D eigenvalue weighted by Crippen LogP contribution is -2.48. The Hall–Kier alpha value is -2.34. The molecule has 0 saturated carbocycles. The second kappa shape index (κ2) is 7.49. The Balaban J connectivity index is 1.62. The Kier molecular flexibility index (Phi) is 5.15. The monoisotopic (exact) mass is 345 g/mol. The van der Waals surface area contributed by atoms with Crippen LogP contribution in [0.25, 0.3) is 0 Å². The third-order valence-corrected chi connectivity index (χ3v) is 4.45. The van der Waals surface area contributed by atoms with Gasteiger partial charge in [0.15, 0.2) is 0 Å². The van der Waals surface area contributed by atoms with Gasteiger partial charge in [0.05, 0.1) is 0 Å².